The molecule has 0 radical (unpaired) electrons. The van der Waals surface area contributed by atoms with Crippen LogP contribution in [0.4, 0.5) is 0 Å². The van der Waals surface area contributed by atoms with Gasteiger partial charge >= 0.3 is 5.97 Å². The van der Waals surface area contributed by atoms with Crippen LogP contribution in [0.1, 0.15) is 57.6 Å². The summed E-state index contributed by atoms with van der Waals surface area (Å²) in [5.74, 6) is -3.05. The molecule has 1 aliphatic rings. The van der Waals surface area contributed by atoms with Crippen molar-refractivity contribution in [3.63, 3.8) is 0 Å². The van der Waals surface area contributed by atoms with Crippen LogP contribution in [0.2, 0.25) is 0 Å². The number of carbonyl (C=O) groups excluding carboxylic acids is 3. The molecule has 0 aliphatic heterocycles. The van der Waals surface area contributed by atoms with Crippen molar-refractivity contribution in [3.8, 4) is 0 Å². The molecule has 1 aromatic carbocycles. The molecule has 1 aliphatic carbocycles. The number of nitrogens with one attached hydrogen (secondary N) is 1. The quantitative estimate of drug-likeness (QED) is 0.513. The largest absolute Gasteiger partial charge is 0.461 e. The van der Waals surface area contributed by atoms with Crippen LogP contribution in [0.15, 0.2) is 30.3 Å². The van der Waals surface area contributed by atoms with E-state index < -0.39 is 42.3 Å². The maximum absolute atomic E-state index is 13.0. The molecule has 0 aromatic heterocycles. The Morgan fingerprint density at radius 2 is 1.76 bits per heavy atom. The molecular formula is C22H31NO6. The van der Waals surface area contributed by atoms with Crippen LogP contribution < -0.4 is 5.32 Å². The average Bonchev–Trinajstić information content (AvgIpc) is 3.22. The topological polar surface area (TPSA) is 113 Å². The summed E-state index contributed by atoms with van der Waals surface area (Å²) in [5.41, 5.74) is 0.565. The zero-order valence-corrected chi connectivity index (χ0v) is 17.0. The second kappa shape index (κ2) is 11.1. The third kappa shape index (κ3) is 6.65. The summed E-state index contributed by atoms with van der Waals surface area (Å²) in [4.78, 5) is 37.6. The van der Waals surface area contributed by atoms with Gasteiger partial charge in [0.1, 0.15) is 18.8 Å². The van der Waals surface area contributed by atoms with E-state index in [0.717, 1.165) is 25.7 Å². The highest BCUT2D eigenvalue weighted by molar-refractivity contribution is 5.93. The maximum atomic E-state index is 13.0. The lowest BCUT2D eigenvalue weighted by Crippen LogP contribution is -2.46. The molecule has 160 valence electrons. The second-order valence-electron chi connectivity index (χ2n) is 8.00. The fourth-order valence-electron chi connectivity index (χ4n) is 3.62. The lowest BCUT2D eigenvalue weighted by Gasteiger charge is -2.26. The number of esters is 1. The van der Waals surface area contributed by atoms with Crippen molar-refractivity contribution in [1.82, 2.24) is 5.32 Å². The van der Waals surface area contributed by atoms with E-state index in [-0.39, 0.29) is 18.4 Å². The molecule has 7 heteroatoms. The number of ether oxygens (including phenoxy) is 1. The summed E-state index contributed by atoms with van der Waals surface area (Å²) in [5, 5.41) is 22.0. The van der Waals surface area contributed by atoms with Gasteiger partial charge in [-0.15, -0.1) is 0 Å². The smallest absolute Gasteiger partial charge is 0.333 e. The van der Waals surface area contributed by atoms with Gasteiger partial charge in [-0.2, -0.15) is 0 Å². The Bertz CT molecular complexity index is 684. The Morgan fingerprint density at radius 1 is 1.14 bits per heavy atom. The summed E-state index contributed by atoms with van der Waals surface area (Å²) >= 11 is 0. The molecule has 7 nitrogen and oxygen atoms in total. The molecule has 1 aromatic rings. The van der Waals surface area contributed by atoms with Crippen molar-refractivity contribution in [2.45, 2.75) is 64.2 Å². The van der Waals surface area contributed by atoms with E-state index in [9.17, 15) is 19.5 Å². The summed E-state index contributed by atoms with van der Waals surface area (Å²) in [6.07, 6.45) is 2.07. The molecule has 0 spiro atoms. The monoisotopic (exact) mass is 405 g/mol. The molecule has 0 unspecified atom stereocenters. The first-order valence-corrected chi connectivity index (χ1v) is 10.2. The number of aliphatic hydroxyl groups is 2. The predicted molar refractivity (Wildman–Crippen MR) is 107 cm³/mol. The number of Topliss-reactive ketones (excluding diaryl/α,β-unsaturated/α-hetero) is 1. The third-order valence-corrected chi connectivity index (χ3v) is 5.17. The minimum Gasteiger partial charge on any atom is -0.461 e. The normalized spacial score (nSPS) is 17.6. The number of hydrogen-bond donors (Lipinski definition) is 3. The van der Waals surface area contributed by atoms with E-state index in [1.54, 1.807) is 30.3 Å². The molecule has 1 saturated carbocycles. The number of ketones is 1. The first kappa shape index (κ1) is 23.0. The fraction of sp³-hybridized carbons (Fsp3) is 0.591. The zero-order valence-electron chi connectivity index (χ0n) is 17.0. The predicted octanol–water partition coefficient (Wildman–Crippen LogP) is 1.91. The van der Waals surface area contributed by atoms with Crippen LogP contribution in [0.25, 0.3) is 0 Å². The van der Waals surface area contributed by atoms with Crippen LogP contribution in [0.3, 0.4) is 0 Å². The summed E-state index contributed by atoms with van der Waals surface area (Å²) in [7, 11) is 0. The minimum absolute atomic E-state index is 0.0208. The zero-order chi connectivity index (χ0) is 21.4. The van der Waals surface area contributed by atoms with Gasteiger partial charge in [-0.25, -0.2) is 4.79 Å². The van der Waals surface area contributed by atoms with Crippen LogP contribution in [-0.4, -0.2) is 46.7 Å². The highest BCUT2D eigenvalue weighted by atomic mass is 16.5. The Kier molecular flexibility index (Phi) is 8.79. The lowest BCUT2D eigenvalue weighted by molar-refractivity contribution is -0.154. The SMILES string of the molecule is CC(C)C[C@@H](C(=O)N[C@H](C(=O)OC1CCCC1)c1ccccc1)[C@H](O)C(=O)CO. The molecule has 0 bridgehead atoms. The van der Waals surface area contributed by atoms with Crippen LogP contribution in [0, 0.1) is 11.8 Å². The molecule has 1 fully saturated rings. The first-order chi connectivity index (χ1) is 13.8. The number of rotatable bonds is 10. The van der Waals surface area contributed by atoms with E-state index in [1.807, 2.05) is 13.8 Å². The molecule has 0 saturated heterocycles. The van der Waals surface area contributed by atoms with Crippen LogP contribution in [-0.2, 0) is 19.1 Å². The molecule has 29 heavy (non-hydrogen) atoms. The van der Waals surface area contributed by atoms with Gasteiger partial charge in [0.05, 0.1) is 5.92 Å². The number of benzene rings is 1. The average molecular weight is 405 g/mol. The van der Waals surface area contributed by atoms with Gasteiger partial charge in [0.25, 0.3) is 0 Å². The second-order valence-corrected chi connectivity index (χ2v) is 8.00. The Balaban J connectivity index is 2.21. The van der Waals surface area contributed by atoms with Gasteiger partial charge in [0, 0.05) is 0 Å². The summed E-state index contributed by atoms with van der Waals surface area (Å²) in [6.45, 7) is 2.87. The van der Waals surface area contributed by atoms with Crippen molar-refractivity contribution in [3.05, 3.63) is 35.9 Å². The highest BCUT2D eigenvalue weighted by Gasteiger charge is 2.35. The molecule has 3 atom stereocenters. The Hall–Kier alpha value is -2.25. The van der Waals surface area contributed by atoms with Crippen molar-refractivity contribution in [2.24, 2.45) is 11.8 Å². The van der Waals surface area contributed by atoms with Gasteiger partial charge < -0.3 is 20.3 Å². The van der Waals surface area contributed by atoms with Crippen molar-refractivity contribution in [1.29, 1.82) is 0 Å². The molecule has 1 amide bonds. The van der Waals surface area contributed by atoms with Crippen LogP contribution in [0.5, 0.6) is 0 Å². The fourth-order valence-corrected chi connectivity index (χ4v) is 3.62. The van der Waals surface area contributed by atoms with Crippen molar-refractivity contribution >= 4 is 17.7 Å². The molecule has 3 N–H and O–H groups in total. The Labute approximate surface area is 171 Å². The minimum atomic E-state index is -1.63. The Morgan fingerprint density at radius 3 is 2.31 bits per heavy atom. The van der Waals surface area contributed by atoms with E-state index in [1.165, 1.54) is 0 Å². The number of hydrogen-bond acceptors (Lipinski definition) is 6. The van der Waals surface area contributed by atoms with Gasteiger partial charge in [-0.05, 0) is 43.6 Å². The molecule has 0 heterocycles. The van der Waals surface area contributed by atoms with Gasteiger partial charge in [-0.3, -0.25) is 9.59 Å². The third-order valence-electron chi connectivity index (χ3n) is 5.17. The van der Waals surface area contributed by atoms with Gasteiger partial charge in [0.15, 0.2) is 11.8 Å². The lowest BCUT2D eigenvalue weighted by atomic mass is 9.89. The van der Waals surface area contributed by atoms with E-state index in [0.29, 0.717) is 5.56 Å². The summed E-state index contributed by atoms with van der Waals surface area (Å²) < 4.78 is 5.60. The van der Waals surface area contributed by atoms with E-state index in [4.69, 9.17) is 9.84 Å². The van der Waals surface area contributed by atoms with Gasteiger partial charge in [0.2, 0.25) is 5.91 Å². The highest BCUT2D eigenvalue weighted by Crippen LogP contribution is 2.25. The maximum Gasteiger partial charge on any atom is 0.333 e. The van der Waals surface area contributed by atoms with Crippen LogP contribution >= 0.6 is 0 Å². The van der Waals surface area contributed by atoms with Crippen molar-refractivity contribution in [2.75, 3.05) is 6.61 Å². The summed E-state index contributed by atoms with van der Waals surface area (Å²) in [6, 6.07) is 7.72. The van der Waals surface area contributed by atoms with Gasteiger partial charge in [-0.1, -0.05) is 44.2 Å². The standard InChI is InChI=1S/C22H31NO6/c1-14(2)12-17(20(26)18(25)13-24)21(27)23-19(15-8-4-3-5-9-15)22(28)29-16-10-6-7-11-16/h3-5,8-9,14,16-17,19-20,24,26H,6-7,10-13H2,1-2H3,(H,23,27)/t17-,19+,20+/m1/s1. The molecule has 2 rings (SSSR count). The van der Waals surface area contributed by atoms with Crippen molar-refractivity contribution < 1.29 is 29.3 Å². The van der Waals surface area contributed by atoms with E-state index in [2.05, 4.69) is 5.32 Å². The first-order valence-electron chi connectivity index (χ1n) is 10.2. The number of aliphatic hydroxyl groups excluding tert-OH is 2. The van der Waals surface area contributed by atoms with E-state index >= 15 is 0 Å². The number of amides is 1. The number of carbonyl (C=O) groups is 3. The molecular weight excluding hydrogens is 374 g/mol.